The van der Waals surface area contributed by atoms with Crippen LogP contribution in [0.3, 0.4) is 0 Å². The van der Waals surface area contributed by atoms with Gasteiger partial charge in [-0.15, -0.1) is 12.4 Å². The lowest BCUT2D eigenvalue weighted by molar-refractivity contribution is -0.146. The summed E-state index contributed by atoms with van der Waals surface area (Å²) in [7, 11) is 0. The fourth-order valence-electron chi connectivity index (χ4n) is 2.06. The molecule has 5 nitrogen and oxygen atoms in total. The van der Waals surface area contributed by atoms with Crippen LogP contribution in [-0.2, 0) is 9.59 Å². The van der Waals surface area contributed by atoms with Crippen molar-refractivity contribution < 1.29 is 27.9 Å². The largest absolute Gasteiger partial charge is 0.480 e. The van der Waals surface area contributed by atoms with Crippen molar-refractivity contribution in [3.63, 3.8) is 0 Å². The maximum Gasteiger partial charge on any atom is 0.405 e. The first-order chi connectivity index (χ1) is 8.70. The number of carboxylic acid groups (broad SMARTS) is 1. The van der Waals surface area contributed by atoms with Gasteiger partial charge in [0.2, 0.25) is 5.91 Å². The lowest BCUT2D eigenvalue weighted by atomic mass is 9.96. The highest BCUT2D eigenvalue weighted by molar-refractivity contribution is 5.85. The summed E-state index contributed by atoms with van der Waals surface area (Å²) in [5.74, 6) is -2.26. The summed E-state index contributed by atoms with van der Waals surface area (Å²) in [5.41, 5.74) is 0. The Hall–Kier alpha value is -1.02. The number of piperidine rings is 1. The molecule has 1 rings (SSSR count). The van der Waals surface area contributed by atoms with E-state index in [0.717, 1.165) is 0 Å². The molecule has 2 unspecified atom stereocenters. The number of carboxylic acids is 1. The van der Waals surface area contributed by atoms with E-state index in [2.05, 4.69) is 0 Å². The van der Waals surface area contributed by atoms with Crippen LogP contribution in [0.1, 0.15) is 19.8 Å². The van der Waals surface area contributed by atoms with E-state index in [4.69, 9.17) is 5.11 Å². The van der Waals surface area contributed by atoms with Gasteiger partial charge in [-0.3, -0.25) is 14.5 Å². The van der Waals surface area contributed by atoms with Gasteiger partial charge in [-0.25, -0.2) is 0 Å². The van der Waals surface area contributed by atoms with E-state index in [9.17, 15) is 22.8 Å². The number of rotatable bonds is 4. The molecule has 2 N–H and O–H groups in total. The Morgan fingerprint density at radius 3 is 2.55 bits per heavy atom. The van der Waals surface area contributed by atoms with Crippen molar-refractivity contribution in [3.05, 3.63) is 0 Å². The van der Waals surface area contributed by atoms with Crippen LogP contribution in [0.15, 0.2) is 0 Å². The summed E-state index contributed by atoms with van der Waals surface area (Å²) in [6.45, 7) is 0.864. The van der Waals surface area contributed by atoms with Gasteiger partial charge in [-0.05, 0) is 26.3 Å². The Labute approximate surface area is 120 Å². The Morgan fingerprint density at radius 1 is 1.45 bits per heavy atom. The maximum atomic E-state index is 12.0. The number of nitrogens with one attached hydrogen (secondary N) is 1. The fourth-order valence-corrected chi connectivity index (χ4v) is 2.06. The topological polar surface area (TPSA) is 69.6 Å². The van der Waals surface area contributed by atoms with Crippen LogP contribution < -0.4 is 5.32 Å². The lowest BCUT2D eigenvalue weighted by Crippen LogP contribution is -2.49. The first kappa shape index (κ1) is 19.0. The third kappa shape index (κ3) is 5.96. The molecule has 1 heterocycles. The van der Waals surface area contributed by atoms with E-state index in [0.29, 0.717) is 19.4 Å². The van der Waals surface area contributed by atoms with Gasteiger partial charge in [0.1, 0.15) is 12.6 Å². The Bertz CT molecular complexity index is 352. The van der Waals surface area contributed by atoms with Crippen molar-refractivity contribution in [1.82, 2.24) is 10.2 Å². The molecule has 9 heteroatoms. The molecule has 0 radical (unpaired) electrons. The number of carbonyl (C=O) groups excluding carboxylic acids is 1. The summed E-state index contributed by atoms with van der Waals surface area (Å²) < 4.78 is 36.0. The molecule has 1 aliphatic heterocycles. The molecule has 1 saturated heterocycles. The molecular weight excluding hydrogens is 301 g/mol. The van der Waals surface area contributed by atoms with Crippen LogP contribution >= 0.6 is 12.4 Å². The van der Waals surface area contributed by atoms with Crippen LogP contribution in [0.25, 0.3) is 0 Å². The second kappa shape index (κ2) is 7.68. The minimum Gasteiger partial charge on any atom is -0.480 e. The second-order valence-corrected chi connectivity index (χ2v) is 4.68. The number of alkyl halides is 3. The molecule has 1 aliphatic rings. The number of likely N-dealkylation sites (tertiary alicyclic amines) is 1. The number of nitrogens with zero attached hydrogens (tertiary/aromatic N) is 1. The molecule has 0 aromatic heterocycles. The number of carbonyl (C=O) groups is 2. The Kier molecular flexibility index (Phi) is 7.29. The highest BCUT2D eigenvalue weighted by Crippen LogP contribution is 2.19. The number of amides is 1. The second-order valence-electron chi connectivity index (χ2n) is 4.68. The van der Waals surface area contributed by atoms with Crippen molar-refractivity contribution >= 4 is 24.3 Å². The van der Waals surface area contributed by atoms with Crippen LogP contribution in [0, 0.1) is 5.92 Å². The van der Waals surface area contributed by atoms with Gasteiger partial charge in [0, 0.05) is 6.54 Å². The summed E-state index contributed by atoms with van der Waals surface area (Å²) >= 11 is 0. The number of aliphatic carboxylic acids is 1. The van der Waals surface area contributed by atoms with Crippen molar-refractivity contribution in [1.29, 1.82) is 0 Å². The lowest BCUT2D eigenvalue weighted by Gasteiger charge is -2.34. The zero-order chi connectivity index (χ0) is 14.6. The molecule has 20 heavy (non-hydrogen) atoms. The third-order valence-electron chi connectivity index (χ3n) is 3.19. The molecule has 2 atom stereocenters. The zero-order valence-corrected chi connectivity index (χ0v) is 11.8. The summed E-state index contributed by atoms with van der Waals surface area (Å²) in [5, 5.41) is 10.7. The first-order valence-electron chi connectivity index (χ1n) is 6.02. The van der Waals surface area contributed by atoms with Gasteiger partial charge >= 0.3 is 12.1 Å². The molecular formula is C11H18ClF3N2O3. The minimum absolute atomic E-state index is 0. The van der Waals surface area contributed by atoms with Crippen LogP contribution in [0.2, 0.25) is 0 Å². The Morgan fingerprint density at radius 2 is 2.05 bits per heavy atom. The zero-order valence-electron chi connectivity index (χ0n) is 10.9. The van der Waals surface area contributed by atoms with Gasteiger partial charge in [-0.2, -0.15) is 13.2 Å². The predicted molar refractivity (Wildman–Crippen MR) is 67.7 cm³/mol. The van der Waals surface area contributed by atoms with Crippen molar-refractivity contribution in [2.75, 3.05) is 19.6 Å². The van der Waals surface area contributed by atoms with E-state index >= 15 is 0 Å². The fraction of sp³-hybridized carbons (Fsp3) is 0.818. The van der Waals surface area contributed by atoms with Gasteiger partial charge in [0.15, 0.2) is 0 Å². The summed E-state index contributed by atoms with van der Waals surface area (Å²) in [6.07, 6.45) is -3.35. The standard InChI is InChI=1S/C11H17F3N2O3.ClH/c1-7(10(18)19)16-4-2-3-8(5-16)9(17)15-6-11(12,13)14;/h7-8H,2-6H2,1H3,(H,15,17)(H,18,19);1H. The van der Waals surface area contributed by atoms with Crippen LogP contribution in [0.5, 0.6) is 0 Å². The van der Waals surface area contributed by atoms with E-state index < -0.39 is 36.6 Å². The number of hydrogen-bond acceptors (Lipinski definition) is 3. The number of halogens is 4. The minimum atomic E-state index is -4.43. The summed E-state index contributed by atoms with van der Waals surface area (Å²) in [4.78, 5) is 24.0. The van der Waals surface area contributed by atoms with Gasteiger partial charge in [0.05, 0.1) is 5.92 Å². The van der Waals surface area contributed by atoms with E-state index in [1.54, 1.807) is 4.90 Å². The summed E-state index contributed by atoms with van der Waals surface area (Å²) in [6, 6.07) is -0.738. The quantitative estimate of drug-likeness (QED) is 0.819. The Balaban J connectivity index is 0.00000361. The number of hydrogen-bond donors (Lipinski definition) is 2. The normalized spacial score (nSPS) is 21.7. The van der Waals surface area contributed by atoms with Crippen LogP contribution in [-0.4, -0.2) is 53.7 Å². The van der Waals surface area contributed by atoms with Crippen molar-refractivity contribution in [2.45, 2.75) is 32.0 Å². The monoisotopic (exact) mass is 318 g/mol. The molecule has 118 valence electrons. The predicted octanol–water partition coefficient (Wildman–Crippen LogP) is 1.27. The van der Waals surface area contributed by atoms with E-state index in [1.165, 1.54) is 6.92 Å². The molecule has 0 spiro atoms. The SMILES string of the molecule is CC(C(=O)O)N1CCCC(C(=O)NCC(F)(F)F)C1.Cl. The van der Waals surface area contributed by atoms with Gasteiger partial charge in [0.25, 0.3) is 0 Å². The average molecular weight is 319 g/mol. The molecule has 0 saturated carbocycles. The first-order valence-corrected chi connectivity index (χ1v) is 6.02. The molecule has 1 fully saturated rings. The molecule has 0 aliphatic carbocycles. The highest BCUT2D eigenvalue weighted by Gasteiger charge is 2.33. The maximum absolute atomic E-state index is 12.0. The van der Waals surface area contributed by atoms with E-state index in [1.807, 2.05) is 5.32 Å². The molecule has 0 bridgehead atoms. The van der Waals surface area contributed by atoms with Gasteiger partial charge < -0.3 is 10.4 Å². The third-order valence-corrected chi connectivity index (χ3v) is 3.19. The van der Waals surface area contributed by atoms with Crippen molar-refractivity contribution in [2.24, 2.45) is 5.92 Å². The smallest absolute Gasteiger partial charge is 0.405 e. The molecule has 1 amide bonds. The molecule has 0 aromatic carbocycles. The average Bonchev–Trinajstić information content (AvgIpc) is 2.34. The highest BCUT2D eigenvalue weighted by atomic mass is 35.5. The van der Waals surface area contributed by atoms with Gasteiger partial charge in [-0.1, -0.05) is 0 Å². The van der Waals surface area contributed by atoms with Crippen molar-refractivity contribution in [3.8, 4) is 0 Å². The van der Waals surface area contributed by atoms with E-state index in [-0.39, 0.29) is 19.0 Å². The van der Waals surface area contributed by atoms with Crippen LogP contribution in [0.4, 0.5) is 13.2 Å². The molecule has 0 aromatic rings.